The maximum absolute atomic E-state index is 9.37. The first-order valence-corrected chi connectivity index (χ1v) is 9.30. The van der Waals surface area contributed by atoms with Gasteiger partial charge >= 0.3 is 0 Å². The van der Waals surface area contributed by atoms with Crippen molar-refractivity contribution in [2.75, 3.05) is 26.0 Å². The zero-order valence-corrected chi connectivity index (χ0v) is 14.6. The van der Waals surface area contributed by atoms with Gasteiger partial charge in [-0.1, -0.05) is 15.9 Å². The quantitative estimate of drug-likeness (QED) is 0.818. The van der Waals surface area contributed by atoms with Crippen molar-refractivity contribution in [3.8, 4) is 11.8 Å². The minimum Gasteiger partial charge on any atom is -0.493 e. The van der Waals surface area contributed by atoms with E-state index in [2.05, 4.69) is 39.0 Å². The average Bonchev–Trinajstić information content (AvgIpc) is 2.97. The molecular formula is C16H19BrN2OS. The Bertz CT molecular complexity index is 576. The first-order chi connectivity index (χ1) is 10.2. The van der Waals surface area contributed by atoms with Gasteiger partial charge in [0.05, 0.1) is 12.7 Å². The maximum Gasteiger partial charge on any atom is 0.127 e. The second-order valence-electron chi connectivity index (χ2n) is 5.74. The number of hydrogen-bond donors (Lipinski definition) is 0. The molecular weight excluding hydrogens is 348 g/mol. The Morgan fingerprint density at radius 1 is 1.43 bits per heavy atom. The number of halogens is 1. The van der Waals surface area contributed by atoms with Crippen LogP contribution in [0.4, 0.5) is 0 Å². The number of hydrogen-bond acceptors (Lipinski definition) is 4. The molecule has 3 nitrogen and oxygen atoms in total. The highest BCUT2D eigenvalue weighted by atomic mass is 79.9. The molecule has 0 bridgehead atoms. The molecule has 0 amide bonds. The molecule has 3 rings (SSSR count). The molecule has 112 valence electrons. The van der Waals surface area contributed by atoms with Gasteiger partial charge in [-0.25, -0.2) is 0 Å². The van der Waals surface area contributed by atoms with E-state index in [1.54, 1.807) is 11.8 Å². The van der Waals surface area contributed by atoms with Crippen LogP contribution >= 0.6 is 27.7 Å². The van der Waals surface area contributed by atoms with Crippen LogP contribution in [0.2, 0.25) is 0 Å². The molecule has 2 heterocycles. The summed E-state index contributed by atoms with van der Waals surface area (Å²) >= 11 is 5.30. The van der Waals surface area contributed by atoms with Gasteiger partial charge in [0.25, 0.3) is 0 Å². The van der Waals surface area contributed by atoms with Crippen LogP contribution in [-0.2, 0) is 13.0 Å². The van der Waals surface area contributed by atoms with E-state index in [1.807, 2.05) is 6.26 Å². The monoisotopic (exact) mass is 366 g/mol. The summed E-state index contributed by atoms with van der Waals surface area (Å²) < 4.78 is 6.76. The number of benzene rings is 1. The van der Waals surface area contributed by atoms with Crippen LogP contribution in [0, 0.1) is 11.3 Å². The summed E-state index contributed by atoms with van der Waals surface area (Å²) in [6, 6.07) is 6.84. The third-order valence-electron chi connectivity index (χ3n) is 4.48. The van der Waals surface area contributed by atoms with Crippen LogP contribution < -0.4 is 4.74 Å². The Hall–Kier alpha value is -0.700. The Morgan fingerprint density at radius 2 is 2.19 bits per heavy atom. The standard InChI is InChI=1S/C16H19BrN2OS/c1-21-16(11-18)3-5-19(6-4-16)10-13-9-14(17)8-12-2-7-20-15(12)13/h8-9H,2-7,10H2,1H3. The molecule has 1 fully saturated rings. The van der Waals surface area contributed by atoms with Gasteiger partial charge in [-0.2, -0.15) is 5.26 Å². The van der Waals surface area contributed by atoms with Crippen molar-refractivity contribution in [3.63, 3.8) is 0 Å². The second kappa shape index (κ2) is 6.20. The lowest BCUT2D eigenvalue weighted by atomic mass is 9.96. The SMILES string of the molecule is CSC1(C#N)CCN(Cc2cc(Br)cc3c2OCC3)CC1. The lowest BCUT2D eigenvalue weighted by Gasteiger charge is -2.36. The largest absolute Gasteiger partial charge is 0.493 e. The second-order valence-corrected chi connectivity index (χ2v) is 7.84. The molecule has 1 saturated heterocycles. The third-order valence-corrected chi connectivity index (χ3v) is 6.22. The van der Waals surface area contributed by atoms with E-state index in [-0.39, 0.29) is 4.75 Å². The van der Waals surface area contributed by atoms with Crippen LogP contribution in [0.1, 0.15) is 24.0 Å². The van der Waals surface area contributed by atoms with Gasteiger partial charge in [-0.3, -0.25) is 4.90 Å². The van der Waals surface area contributed by atoms with Crippen LogP contribution in [0.15, 0.2) is 16.6 Å². The zero-order chi connectivity index (χ0) is 14.9. The molecule has 2 aliphatic heterocycles. The predicted octanol–water partition coefficient (Wildman–Crippen LogP) is 3.61. The minimum absolute atomic E-state index is 0.174. The van der Waals surface area contributed by atoms with E-state index in [4.69, 9.17) is 4.74 Å². The number of rotatable bonds is 3. The molecule has 0 unspecified atom stereocenters. The smallest absolute Gasteiger partial charge is 0.127 e. The highest BCUT2D eigenvalue weighted by Gasteiger charge is 2.34. The van der Waals surface area contributed by atoms with Gasteiger partial charge in [0, 0.05) is 36.1 Å². The Kier molecular flexibility index (Phi) is 4.49. The summed E-state index contributed by atoms with van der Waals surface area (Å²) in [7, 11) is 0. The summed E-state index contributed by atoms with van der Waals surface area (Å²) in [5.74, 6) is 1.08. The molecule has 5 heteroatoms. The van der Waals surface area contributed by atoms with E-state index >= 15 is 0 Å². The van der Waals surface area contributed by atoms with E-state index in [0.717, 1.165) is 55.7 Å². The molecule has 2 aliphatic rings. The molecule has 0 saturated carbocycles. The van der Waals surface area contributed by atoms with Crippen molar-refractivity contribution >= 4 is 27.7 Å². The van der Waals surface area contributed by atoms with E-state index in [0.29, 0.717) is 0 Å². The number of nitrogens with zero attached hydrogens (tertiary/aromatic N) is 2. The van der Waals surface area contributed by atoms with Gasteiger partial charge in [0.1, 0.15) is 10.5 Å². The zero-order valence-electron chi connectivity index (χ0n) is 12.2. The molecule has 0 aliphatic carbocycles. The van der Waals surface area contributed by atoms with Gasteiger partial charge < -0.3 is 4.74 Å². The molecule has 1 aromatic carbocycles. The highest BCUT2D eigenvalue weighted by Crippen LogP contribution is 2.37. The van der Waals surface area contributed by atoms with E-state index < -0.39 is 0 Å². The first-order valence-electron chi connectivity index (χ1n) is 7.29. The Morgan fingerprint density at radius 3 is 2.86 bits per heavy atom. The average molecular weight is 367 g/mol. The molecule has 0 N–H and O–H groups in total. The van der Waals surface area contributed by atoms with Crippen molar-refractivity contribution < 1.29 is 4.74 Å². The number of likely N-dealkylation sites (tertiary alicyclic amines) is 1. The minimum atomic E-state index is -0.174. The normalized spacial score (nSPS) is 20.6. The van der Waals surface area contributed by atoms with E-state index in [1.165, 1.54) is 11.1 Å². The number of fused-ring (bicyclic) bond motifs is 1. The summed E-state index contributed by atoms with van der Waals surface area (Å²) in [5, 5.41) is 9.37. The number of nitriles is 1. The van der Waals surface area contributed by atoms with Crippen molar-refractivity contribution in [1.82, 2.24) is 4.90 Å². The highest BCUT2D eigenvalue weighted by molar-refractivity contribution is 9.10. The third kappa shape index (κ3) is 3.08. The maximum atomic E-state index is 9.37. The van der Waals surface area contributed by atoms with Crippen molar-refractivity contribution in [2.45, 2.75) is 30.6 Å². The van der Waals surface area contributed by atoms with Crippen LogP contribution in [-0.4, -0.2) is 35.6 Å². The Labute approximate surface area is 138 Å². The summed E-state index contributed by atoms with van der Waals surface area (Å²) in [6.45, 7) is 3.67. The lowest BCUT2D eigenvalue weighted by Crippen LogP contribution is -2.41. The predicted molar refractivity (Wildman–Crippen MR) is 89.7 cm³/mol. The number of ether oxygens (including phenoxy) is 1. The summed E-state index contributed by atoms with van der Waals surface area (Å²) in [5.41, 5.74) is 2.58. The molecule has 21 heavy (non-hydrogen) atoms. The molecule has 0 atom stereocenters. The van der Waals surface area contributed by atoms with Gasteiger partial charge in [-0.15, -0.1) is 11.8 Å². The van der Waals surface area contributed by atoms with Crippen LogP contribution in [0.3, 0.4) is 0 Å². The van der Waals surface area contributed by atoms with Crippen molar-refractivity contribution in [2.24, 2.45) is 0 Å². The van der Waals surface area contributed by atoms with Gasteiger partial charge in [-0.05, 0) is 36.8 Å². The van der Waals surface area contributed by atoms with Crippen LogP contribution in [0.25, 0.3) is 0 Å². The summed E-state index contributed by atoms with van der Waals surface area (Å²) in [6.07, 6.45) is 4.95. The lowest BCUT2D eigenvalue weighted by molar-refractivity contribution is 0.206. The fourth-order valence-corrected chi connectivity index (χ4v) is 4.37. The molecule has 1 aromatic rings. The fraction of sp³-hybridized carbons (Fsp3) is 0.562. The van der Waals surface area contributed by atoms with Gasteiger partial charge in [0.15, 0.2) is 0 Å². The van der Waals surface area contributed by atoms with Crippen molar-refractivity contribution in [3.05, 3.63) is 27.7 Å². The molecule has 0 spiro atoms. The Balaban J connectivity index is 1.71. The van der Waals surface area contributed by atoms with Gasteiger partial charge in [0.2, 0.25) is 0 Å². The topological polar surface area (TPSA) is 36.3 Å². The van der Waals surface area contributed by atoms with Crippen molar-refractivity contribution in [1.29, 1.82) is 5.26 Å². The van der Waals surface area contributed by atoms with Crippen LogP contribution in [0.5, 0.6) is 5.75 Å². The summed E-state index contributed by atoms with van der Waals surface area (Å²) in [4.78, 5) is 2.44. The van der Waals surface area contributed by atoms with E-state index in [9.17, 15) is 5.26 Å². The first kappa shape index (κ1) is 15.2. The number of thioether (sulfide) groups is 1. The fourth-order valence-electron chi connectivity index (χ4n) is 3.14. The molecule has 0 radical (unpaired) electrons. The number of piperidine rings is 1. The molecule has 0 aromatic heterocycles.